The predicted molar refractivity (Wildman–Crippen MR) is 137 cm³/mol. The van der Waals surface area contributed by atoms with Gasteiger partial charge in [-0.3, -0.25) is 14.0 Å². The Morgan fingerprint density at radius 3 is 2.62 bits per heavy atom. The molecule has 2 aliphatic heterocycles. The van der Waals surface area contributed by atoms with Crippen molar-refractivity contribution in [3.63, 3.8) is 0 Å². The first-order chi connectivity index (χ1) is 18.7. The maximum atomic E-state index is 13.0. The van der Waals surface area contributed by atoms with Crippen molar-refractivity contribution < 1.29 is 22.8 Å². The molecule has 0 saturated carbocycles. The molecule has 2 amide bonds. The third-order valence-corrected chi connectivity index (χ3v) is 7.44. The minimum Gasteiger partial charge on any atom is -0.382 e. The van der Waals surface area contributed by atoms with Gasteiger partial charge >= 0.3 is 6.18 Å². The summed E-state index contributed by atoms with van der Waals surface area (Å²) in [5, 5.41) is 2.41. The molecular weight excluding hydrogens is 511 g/mol. The molecule has 200 valence electrons. The number of benzene rings is 1. The number of nitrogen functional groups attached to an aromatic ring is 1. The molecule has 1 aromatic carbocycles. The normalized spacial score (nSPS) is 19.4. The van der Waals surface area contributed by atoms with Crippen LogP contribution in [0.2, 0.25) is 0 Å². The van der Waals surface area contributed by atoms with Gasteiger partial charge in [0.25, 0.3) is 5.91 Å². The van der Waals surface area contributed by atoms with Gasteiger partial charge in [-0.05, 0) is 43.5 Å². The summed E-state index contributed by atoms with van der Waals surface area (Å²) in [4.78, 5) is 40.0. The summed E-state index contributed by atoms with van der Waals surface area (Å²) >= 11 is 0. The number of nitrogens with zero attached hydrogens (tertiary/aromatic N) is 5. The van der Waals surface area contributed by atoms with Crippen LogP contribution >= 0.6 is 0 Å². The number of carbonyl (C=O) groups excluding carboxylic acids is 2. The maximum Gasteiger partial charge on any atom is 0.416 e. The zero-order chi connectivity index (χ0) is 27.3. The fraction of sp³-hybridized carbons (Fsp3) is 0.296. The second kappa shape index (κ2) is 9.37. The van der Waals surface area contributed by atoms with Gasteiger partial charge in [0.15, 0.2) is 0 Å². The Kier molecular flexibility index (Phi) is 5.96. The summed E-state index contributed by atoms with van der Waals surface area (Å²) in [5.41, 5.74) is 7.51. The lowest BCUT2D eigenvalue weighted by molar-refractivity contribution is -0.137. The monoisotopic (exact) mass is 535 g/mol. The largest absolute Gasteiger partial charge is 0.416 e. The van der Waals surface area contributed by atoms with Crippen LogP contribution in [0.1, 0.15) is 53.3 Å². The molecule has 4 aromatic rings. The molecule has 1 unspecified atom stereocenters. The smallest absolute Gasteiger partial charge is 0.382 e. The van der Waals surface area contributed by atoms with Crippen LogP contribution in [0.25, 0.3) is 16.8 Å². The van der Waals surface area contributed by atoms with E-state index in [4.69, 9.17) is 10.7 Å². The van der Waals surface area contributed by atoms with Gasteiger partial charge in [-0.15, -0.1) is 0 Å². The van der Waals surface area contributed by atoms with E-state index in [1.165, 1.54) is 0 Å². The van der Waals surface area contributed by atoms with Crippen LogP contribution in [0.15, 0.2) is 55.0 Å². The molecule has 2 fully saturated rings. The number of hydrogen-bond acceptors (Lipinski definition) is 6. The fourth-order valence-electron chi connectivity index (χ4n) is 5.50. The van der Waals surface area contributed by atoms with E-state index < -0.39 is 17.6 Å². The van der Waals surface area contributed by atoms with Crippen molar-refractivity contribution in [2.24, 2.45) is 0 Å². The van der Waals surface area contributed by atoms with Crippen molar-refractivity contribution in [2.45, 2.75) is 43.8 Å². The first-order valence-corrected chi connectivity index (χ1v) is 12.6. The number of pyridine rings is 1. The number of amides is 2. The summed E-state index contributed by atoms with van der Waals surface area (Å²) in [6.45, 7) is 0.604. The highest BCUT2D eigenvalue weighted by Gasteiger charge is 2.38. The number of aromatic nitrogens is 4. The van der Waals surface area contributed by atoms with E-state index in [0.717, 1.165) is 43.4 Å². The number of imidazole rings is 1. The van der Waals surface area contributed by atoms with Gasteiger partial charge in [0.2, 0.25) is 5.91 Å². The number of halogens is 3. The van der Waals surface area contributed by atoms with Gasteiger partial charge < -0.3 is 16.0 Å². The van der Waals surface area contributed by atoms with E-state index in [9.17, 15) is 22.8 Å². The van der Waals surface area contributed by atoms with Crippen LogP contribution in [0.3, 0.4) is 0 Å². The molecule has 0 radical (unpaired) electrons. The Bertz CT molecular complexity index is 1580. The second-order valence-electron chi connectivity index (χ2n) is 9.82. The number of alkyl halides is 3. The van der Waals surface area contributed by atoms with Gasteiger partial charge in [-0.1, -0.05) is 12.1 Å². The molecule has 2 atom stereocenters. The number of carbonyl (C=O) groups is 2. The highest BCUT2D eigenvalue weighted by Crippen LogP contribution is 2.38. The van der Waals surface area contributed by atoms with E-state index in [-0.39, 0.29) is 23.2 Å². The van der Waals surface area contributed by atoms with Crippen LogP contribution in [0.5, 0.6) is 0 Å². The van der Waals surface area contributed by atoms with Crippen molar-refractivity contribution in [1.29, 1.82) is 0 Å². The molecular formula is C27H24F3N7O2. The van der Waals surface area contributed by atoms with E-state index >= 15 is 0 Å². The number of nitrogens with one attached hydrogen (secondary N) is 1. The van der Waals surface area contributed by atoms with Crippen molar-refractivity contribution >= 4 is 29.0 Å². The molecule has 0 aliphatic carbocycles. The molecule has 6 rings (SSSR count). The summed E-state index contributed by atoms with van der Waals surface area (Å²) in [6, 6.07) is 8.44. The molecule has 5 heterocycles. The lowest BCUT2D eigenvalue weighted by atomic mass is 9.92. The van der Waals surface area contributed by atoms with E-state index in [1.54, 1.807) is 36.7 Å². The van der Waals surface area contributed by atoms with Crippen molar-refractivity contribution in [2.75, 3.05) is 17.6 Å². The quantitative estimate of drug-likeness (QED) is 0.397. The average Bonchev–Trinajstić information content (AvgIpc) is 3.50. The topological polar surface area (TPSA) is 119 Å². The molecule has 3 N–H and O–H groups in total. The average molecular weight is 536 g/mol. The summed E-state index contributed by atoms with van der Waals surface area (Å²) in [5.74, 6) is 0.516. The number of fused-ring (bicyclic) bond motifs is 2. The summed E-state index contributed by atoms with van der Waals surface area (Å²) in [7, 11) is 0. The van der Waals surface area contributed by atoms with Crippen LogP contribution < -0.4 is 11.1 Å². The van der Waals surface area contributed by atoms with Crippen LogP contribution in [0.4, 0.5) is 24.8 Å². The molecule has 12 heteroatoms. The molecule has 0 bridgehead atoms. The molecule has 2 aliphatic rings. The first kappa shape index (κ1) is 24.8. The summed E-state index contributed by atoms with van der Waals surface area (Å²) < 4.78 is 40.9. The molecule has 9 nitrogen and oxygen atoms in total. The van der Waals surface area contributed by atoms with E-state index in [1.807, 2.05) is 9.30 Å². The number of rotatable bonds is 4. The minimum atomic E-state index is -4.55. The molecule has 0 spiro atoms. The number of piperidine rings is 1. The number of nitrogens with two attached hydrogens (primary N) is 1. The Morgan fingerprint density at radius 1 is 1.05 bits per heavy atom. The highest BCUT2D eigenvalue weighted by atomic mass is 19.4. The van der Waals surface area contributed by atoms with Gasteiger partial charge in [-0.2, -0.15) is 13.2 Å². The number of hydrogen-bond donors (Lipinski definition) is 2. The first-order valence-electron chi connectivity index (χ1n) is 12.6. The number of anilines is 2. The van der Waals surface area contributed by atoms with E-state index in [2.05, 4.69) is 15.3 Å². The minimum absolute atomic E-state index is 0.0383. The second-order valence-corrected chi connectivity index (χ2v) is 9.82. The Balaban J connectivity index is 1.28. The van der Waals surface area contributed by atoms with Crippen LogP contribution in [-0.4, -0.2) is 48.7 Å². The zero-order valence-electron chi connectivity index (χ0n) is 20.7. The van der Waals surface area contributed by atoms with Crippen molar-refractivity contribution in [3.05, 3.63) is 71.9 Å². The van der Waals surface area contributed by atoms with Gasteiger partial charge in [0, 0.05) is 54.6 Å². The van der Waals surface area contributed by atoms with Crippen LogP contribution in [0, 0.1) is 0 Å². The molecule has 39 heavy (non-hydrogen) atoms. The lowest BCUT2D eigenvalue weighted by Gasteiger charge is -2.34. The van der Waals surface area contributed by atoms with Crippen LogP contribution in [-0.2, 0) is 11.0 Å². The molecule has 2 saturated heterocycles. The van der Waals surface area contributed by atoms with Gasteiger partial charge in [0.05, 0.1) is 5.56 Å². The third kappa shape index (κ3) is 4.55. The Labute approximate surface area is 220 Å². The Morgan fingerprint density at radius 2 is 1.85 bits per heavy atom. The van der Waals surface area contributed by atoms with E-state index in [0.29, 0.717) is 41.6 Å². The fourth-order valence-corrected chi connectivity index (χ4v) is 5.50. The lowest BCUT2D eigenvalue weighted by Crippen LogP contribution is -2.41. The zero-order valence-corrected chi connectivity index (χ0v) is 20.7. The van der Waals surface area contributed by atoms with Crippen molar-refractivity contribution in [1.82, 2.24) is 24.3 Å². The Hall–Kier alpha value is -4.48. The predicted octanol–water partition coefficient (Wildman–Crippen LogP) is 4.51. The maximum absolute atomic E-state index is 13.0. The van der Waals surface area contributed by atoms with Gasteiger partial charge in [0.1, 0.15) is 28.7 Å². The standard InChI is InChI=1S/C27H24F3N7O2/c28-27(29,30)18-9-10-32-20(13-18)34-26(39)16-3-1-15(2-4-16)22-23-24(31)33-11-12-36(23)25(35-22)17-5-6-19-7-8-21(38)37(19)14-17/h1-4,9-13,17,19H,5-8,14H2,(H2,31,33)(H,32,34,39)/t17?,19-/m0/s1. The van der Waals surface area contributed by atoms with Crippen molar-refractivity contribution in [3.8, 4) is 11.3 Å². The third-order valence-electron chi connectivity index (χ3n) is 7.44. The highest BCUT2D eigenvalue weighted by molar-refractivity contribution is 6.04. The summed E-state index contributed by atoms with van der Waals surface area (Å²) in [6.07, 6.45) is 3.18. The molecule has 3 aromatic heterocycles. The van der Waals surface area contributed by atoms with Gasteiger partial charge in [-0.25, -0.2) is 15.0 Å². The SMILES string of the molecule is Nc1nccn2c(C3CC[C@H]4CCC(=O)N4C3)nc(-c3ccc(C(=O)Nc4cc(C(F)(F)F)ccn4)cc3)c12.